The van der Waals surface area contributed by atoms with Gasteiger partial charge in [-0.2, -0.15) is 13.2 Å². The Morgan fingerprint density at radius 1 is 1.22 bits per heavy atom. The highest BCUT2D eigenvalue weighted by Crippen LogP contribution is 2.35. The smallest absolute Gasteiger partial charge is 0.379 e. The van der Waals surface area contributed by atoms with Gasteiger partial charge in [0.05, 0.1) is 11.6 Å². The van der Waals surface area contributed by atoms with Crippen LogP contribution in [0.5, 0.6) is 0 Å². The summed E-state index contributed by atoms with van der Waals surface area (Å²) in [5.74, 6) is -0.659. The van der Waals surface area contributed by atoms with E-state index in [1.54, 1.807) is 26.8 Å². The SMILES string of the molecule is CCC1C(Nc2cc(C(F)(F)F)cc(C(=O)NCc3c(C)cc(C)[nH]c3=O)c2C)CN1C. The number of carbonyl (C=O) groups is 1. The molecule has 1 amide bonds. The Morgan fingerprint density at radius 2 is 1.91 bits per heavy atom. The maximum absolute atomic E-state index is 13.6. The second-order valence-corrected chi connectivity index (χ2v) is 8.49. The normalized spacial score (nSPS) is 18.9. The van der Waals surface area contributed by atoms with Crippen LogP contribution in [0.1, 0.15) is 51.7 Å². The number of H-pyrrole nitrogens is 1. The molecule has 9 heteroatoms. The van der Waals surface area contributed by atoms with Crippen molar-refractivity contribution < 1.29 is 18.0 Å². The van der Waals surface area contributed by atoms with E-state index in [1.165, 1.54) is 0 Å². The van der Waals surface area contributed by atoms with Crippen LogP contribution in [0.25, 0.3) is 0 Å². The van der Waals surface area contributed by atoms with Gasteiger partial charge in [-0.25, -0.2) is 0 Å². The summed E-state index contributed by atoms with van der Waals surface area (Å²) in [7, 11) is 1.97. The minimum atomic E-state index is -4.59. The first-order chi connectivity index (χ1) is 14.9. The largest absolute Gasteiger partial charge is 0.416 e. The third kappa shape index (κ3) is 4.82. The number of aromatic nitrogens is 1. The number of hydrogen-bond donors (Lipinski definition) is 3. The van der Waals surface area contributed by atoms with Crippen molar-refractivity contribution in [2.75, 3.05) is 18.9 Å². The number of nitrogens with zero attached hydrogens (tertiary/aromatic N) is 1. The second-order valence-electron chi connectivity index (χ2n) is 8.49. The lowest BCUT2D eigenvalue weighted by molar-refractivity contribution is -0.137. The fourth-order valence-electron chi connectivity index (χ4n) is 4.30. The van der Waals surface area contributed by atoms with E-state index in [-0.39, 0.29) is 29.8 Å². The molecule has 2 heterocycles. The molecule has 3 N–H and O–H groups in total. The monoisotopic (exact) mass is 450 g/mol. The highest BCUT2D eigenvalue weighted by molar-refractivity contribution is 5.97. The third-order valence-electron chi connectivity index (χ3n) is 6.17. The highest BCUT2D eigenvalue weighted by atomic mass is 19.4. The molecule has 0 spiro atoms. The highest BCUT2D eigenvalue weighted by Gasteiger charge is 2.37. The first-order valence-electron chi connectivity index (χ1n) is 10.6. The minimum Gasteiger partial charge on any atom is -0.379 e. The summed E-state index contributed by atoms with van der Waals surface area (Å²) in [6.07, 6.45) is -3.73. The molecule has 0 aliphatic carbocycles. The molecular formula is C23H29F3N4O2. The van der Waals surface area contributed by atoms with Gasteiger partial charge in [-0.15, -0.1) is 0 Å². The number of amides is 1. The summed E-state index contributed by atoms with van der Waals surface area (Å²) < 4.78 is 40.7. The number of carbonyl (C=O) groups excluding carboxylic acids is 1. The molecule has 2 aromatic rings. The number of likely N-dealkylation sites (N-methyl/N-ethyl adjacent to an activating group) is 1. The van der Waals surface area contributed by atoms with Gasteiger partial charge in [0.15, 0.2) is 0 Å². The Morgan fingerprint density at radius 3 is 2.47 bits per heavy atom. The number of aryl methyl sites for hydroxylation is 2. The van der Waals surface area contributed by atoms with Crippen LogP contribution in [0.15, 0.2) is 23.0 Å². The number of rotatable bonds is 6. The predicted molar refractivity (Wildman–Crippen MR) is 118 cm³/mol. The fourth-order valence-corrected chi connectivity index (χ4v) is 4.30. The average Bonchev–Trinajstić information content (AvgIpc) is 2.67. The van der Waals surface area contributed by atoms with Crippen molar-refractivity contribution >= 4 is 11.6 Å². The molecule has 1 saturated heterocycles. The molecule has 1 aromatic carbocycles. The molecule has 0 radical (unpaired) electrons. The van der Waals surface area contributed by atoms with Crippen LogP contribution in [0.3, 0.4) is 0 Å². The topological polar surface area (TPSA) is 77.2 Å². The number of hydrogen-bond acceptors (Lipinski definition) is 4. The van der Waals surface area contributed by atoms with Gasteiger partial charge in [-0.3, -0.25) is 14.5 Å². The van der Waals surface area contributed by atoms with Gasteiger partial charge >= 0.3 is 6.18 Å². The van der Waals surface area contributed by atoms with Crippen molar-refractivity contribution in [2.45, 2.75) is 58.9 Å². The average molecular weight is 451 g/mol. The molecule has 3 rings (SSSR count). The Hall–Kier alpha value is -2.81. The predicted octanol–water partition coefficient (Wildman–Crippen LogP) is 3.75. The fraction of sp³-hybridized carbons (Fsp3) is 0.478. The zero-order chi connectivity index (χ0) is 23.8. The lowest BCUT2D eigenvalue weighted by Crippen LogP contribution is -2.61. The molecule has 1 fully saturated rings. The maximum Gasteiger partial charge on any atom is 0.416 e. The zero-order valence-electron chi connectivity index (χ0n) is 18.9. The van der Waals surface area contributed by atoms with E-state index < -0.39 is 17.6 Å². The number of aromatic amines is 1. The summed E-state index contributed by atoms with van der Waals surface area (Å²) in [6.45, 7) is 7.79. The lowest BCUT2D eigenvalue weighted by Gasteiger charge is -2.46. The van der Waals surface area contributed by atoms with Gasteiger partial charge in [0.2, 0.25) is 0 Å². The molecule has 0 saturated carbocycles. The number of halogens is 3. The van der Waals surface area contributed by atoms with E-state index in [1.807, 2.05) is 14.0 Å². The van der Waals surface area contributed by atoms with Crippen LogP contribution in [0.2, 0.25) is 0 Å². The summed E-state index contributed by atoms with van der Waals surface area (Å²) in [5, 5.41) is 5.82. The molecule has 6 nitrogen and oxygen atoms in total. The summed E-state index contributed by atoms with van der Waals surface area (Å²) >= 11 is 0. The van der Waals surface area contributed by atoms with E-state index in [2.05, 4.69) is 20.5 Å². The minimum absolute atomic E-state index is 0.0110. The second kappa shape index (κ2) is 8.97. The quantitative estimate of drug-likeness (QED) is 0.627. The van der Waals surface area contributed by atoms with Gasteiger partial charge in [0, 0.05) is 41.6 Å². The number of likely N-dealkylation sites (tertiary alicyclic amines) is 1. The molecule has 32 heavy (non-hydrogen) atoms. The maximum atomic E-state index is 13.6. The first-order valence-corrected chi connectivity index (χ1v) is 10.6. The Balaban J connectivity index is 1.89. The van der Waals surface area contributed by atoms with Crippen LogP contribution in [-0.2, 0) is 12.7 Å². The van der Waals surface area contributed by atoms with Gasteiger partial charge in [-0.05, 0) is 63.6 Å². The van der Waals surface area contributed by atoms with Crippen molar-refractivity contribution in [1.29, 1.82) is 0 Å². The van der Waals surface area contributed by atoms with Crippen molar-refractivity contribution in [3.63, 3.8) is 0 Å². The van der Waals surface area contributed by atoms with E-state index in [9.17, 15) is 22.8 Å². The van der Waals surface area contributed by atoms with Crippen LogP contribution >= 0.6 is 0 Å². The van der Waals surface area contributed by atoms with Crippen LogP contribution in [0.4, 0.5) is 18.9 Å². The molecular weight excluding hydrogens is 421 g/mol. The Kier molecular flexibility index (Phi) is 6.69. The molecule has 0 bridgehead atoms. The van der Waals surface area contributed by atoms with E-state index >= 15 is 0 Å². The number of pyridine rings is 1. The first kappa shape index (κ1) is 23.8. The van der Waals surface area contributed by atoms with Crippen LogP contribution < -0.4 is 16.2 Å². The number of anilines is 1. The molecule has 1 aliphatic rings. The van der Waals surface area contributed by atoms with Crippen molar-refractivity contribution in [3.8, 4) is 0 Å². The third-order valence-corrected chi connectivity index (χ3v) is 6.17. The van der Waals surface area contributed by atoms with Crippen LogP contribution in [-0.4, -0.2) is 41.5 Å². The number of alkyl halides is 3. The zero-order valence-corrected chi connectivity index (χ0v) is 18.9. The summed E-state index contributed by atoms with van der Waals surface area (Å²) in [4.78, 5) is 29.9. The van der Waals surface area contributed by atoms with E-state index in [4.69, 9.17) is 0 Å². The molecule has 1 aliphatic heterocycles. The van der Waals surface area contributed by atoms with E-state index in [0.717, 1.165) is 18.6 Å². The summed E-state index contributed by atoms with van der Waals surface area (Å²) in [6, 6.07) is 3.94. The number of nitrogens with one attached hydrogen (secondary N) is 3. The van der Waals surface area contributed by atoms with Crippen molar-refractivity contribution in [1.82, 2.24) is 15.2 Å². The summed E-state index contributed by atoms with van der Waals surface area (Å²) in [5.41, 5.74) is 1.22. The van der Waals surface area contributed by atoms with Crippen molar-refractivity contribution in [2.24, 2.45) is 0 Å². The molecule has 1 aromatic heterocycles. The van der Waals surface area contributed by atoms with Gasteiger partial charge in [-0.1, -0.05) is 6.92 Å². The van der Waals surface area contributed by atoms with Crippen LogP contribution in [0, 0.1) is 20.8 Å². The molecule has 174 valence electrons. The Labute approximate surface area is 185 Å². The standard InChI is InChI=1S/C23H29F3N4O2/c1-6-20-19(11-30(20)5)29-18-9-15(23(24,25)26)8-16(14(18)4)21(31)27-10-17-12(2)7-13(3)28-22(17)32/h7-9,19-20,29H,6,10-11H2,1-5H3,(H,27,31)(H,28,32). The van der Waals surface area contributed by atoms with Gasteiger partial charge < -0.3 is 15.6 Å². The molecule has 2 atom stereocenters. The molecule has 2 unspecified atom stereocenters. The van der Waals surface area contributed by atoms with Gasteiger partial charge in [0.25, 0.3) is 11.5 Å². The van der Waals surface area contributed by atoms with Crippen molar-refractivity contribution in [3.05, 3.63) is 62.1 Å². The van der Waals surface area contributed by atoms with Gasteiger partial charge in [0.1, 0.15) is 0 Å². The van der Waals surface area contributed by atoms with E-state index in [0.29, 0.717) is 34.6 Å². The number of benzene rings is 1. The lowest BCUT2D eigenvalue weighted by atomic mass is 9.93. The Bertz CT molecular complexity index is 1080.